The van der Waals surface area contributed by atoms with E-state index in [1.54, 1.807) is 36.4 Å². The van der Waals surface area contributed by atoms with Gasteiger partial charge in [0.25, 0.3) is 11.6 Å². The molecule has 8 heteroatoms. The lowest BCUT2D eigenvalue weighted by Gasteiger charge is -2.06. The molecule has 0 fully saturated rings. The van der Waals surface area contributed by atoms with Gasteiger partial charge >= 0.3 is 0 Å². The minimum atomic E-state index is -0.755. The number of nitro benzene ring substituents is 1. The van der Waals surface area contributed by atoms with Crippen LogP contribution in [-0.2, 0) is 4.79 Å². The highest BCUT2D eigenvalue weighted by Crippen LogP contribution is 2.23. The average Bonchev–Trinajstić information content (AvgIpc) is 2.57. The van der Waals surface area contributed by atoms with Crippen molar-refractivity contribution in [1.82, 2.24) is 0 Å². The second-order valence-corrected chi connectivity index (χ2v) is 4.66. The van der Waals surface area contributed by atoms with E-state index in [0.29, 0.717) is 11.4 Å². The maximum atomic E-state index is 12.1. The molecule has 2 aromatic rings. The number of hydrogen-bond donors (Lipinski definition) is 3. The first-order valence-corrected chi connectivity index (χ1v) is 6.78. The highest BCUT2D eigenvalue weighted by atomic mass is 16.6. The van der Waals surface area contributed by atoms with Crippen LogP contribution < -0.4 is 16.4 Å². The number of nitriles is 1. The quantitative estimate of drug-likeness (QED) is 0.254. The molecule has 0 aliphatic rings. The van der Waals surface area contributed by atoms with E-state index in [0.717, 1.165) is 0 Å². The summed E-state index contributed by atoms with van der Waals surface area (Å²) in [6.07, 6.45) is 1.22. The number of carbonyl (C=O) groups is 1. The Balaban J connectivity index is 2.15. The average molecular weight is 323 g/mol. The molecule has 0 radical (unpaired) electrons. The zero-order valence-electron chi connectivity index (χ0n) is 12.4. The summed E-state index contributed by atoms with van der Waals surface area (Å²) in [5, 5.41) is 25.2. The smallest absolute Gasteiger partial charge is 0.292 e. The van der Waals surface area contributed by atoms with E-state index in [2.05, 4.69) is 10.6 Å². The fourth-order valence-corrected chi connectivity index (χ4v) is 1.81. The largest absolute Gasteiger partial charge is 0.399 e. The summed E-state index contributed by atoms with van der Waals surface area (Å²) in [7, 11) is 0. The van der Waals surface area contributed by atoms with Gasteiger partial charge < -0.3 is 16.4 Å². The molecule has 0 atom stereocenters. The second-order valence-electron chi connectivity index (χ2n) is 4.66. The minimum absolute atomic E-state index is 0.0149. The van der Waals surface area contributed by atoms with E-state index in [-0.39, 0.29) is 16.9 Å². The van der Waals surface area contributed by atoms with Crippen LogP contribution in [0.15, 0.2) is 60.3 Å². The molecule has 0 heterocycles. The number of nitrogens with zero attached hydrogens (tertiary/aromatic N) is 2. The molecule has 0 aliphatic heterocycles. The van der Waals surface area contributed by atoms with E-state index in [1.165, 1.54) is 24.4 Å². The van der Waals surface area contributed by atoms with Gasteiger partial charge in [-0.3, -0.25) is 14.9 Å². The SMILES string of the molecule is N#C/C(=C/Nc1ccc(N)cc1)C(=O)Nc1ccccc1[N+](=O)[O-]. The van der Waals surface area contributed by atoms with Gasteiger partial charge in [0.2, 0.25) is 0 Å². The zero-order chi connectivity index (χ0) is 17.5. The molecule has 0 saturated carbocycles. The van der Waals surface area contributed by atoms with Crippen LogP contribution >= 0.6 is 0 Å². The molecular formula is C16H13N5O3. The van der Waals surface area contributed by atoms with Crippen molar-refractivity contribution in [3.63, 3.8) is 0 Å². The van der Waals surface area contributed by atoms with Crippen LogP contribution in [0.25, 0.3) is 0 Å². The normalized spacial score (nSPS) is 10.5. The summed E-state index contributed by atoms with van der Waals surface area (Å²) in [5.74, 6) is -0.755. The van der Waals surface area contributed by atoms with E-state index in [1.807, 2.05) is 0 Å². The van der Waals surface area contributed by atoms with Crippen molar-refractivity contribution in [2.24, 2.45) is 0 Å². The summed E-state index contributed by atoms with van der Waals surface area (Å²) in [5.41, 5.74) is 6.31. The van der Waals surface area contributed by atoms with Crippen molar-refractivity contribution >= 4 is 28.7 Å². The first-order valence-electron chi connectivity index (χ1n) is 6.78. The van der Waals surface area contributed by atoms with Gasteiger partial charge in [-0.05, 0) is 30.3 Å². The Morgan fingerprint density at radius 1 is 1.21 bits per heavy atom. The number of nitrogens with two attached hydrogens (primary N) is 1. The Bertz CT molecular complexity index is 838. The van der Waals surface area contributed by atoms with Gasteiger partial charge in [-0.2, -0.15) is 5.26 Å². The zero-order valence-corrected chi connectivity index (χ0v) is 12.4. The second kappa shape index (κ2) is 7.42. The highest BCUT2D eigenvalue weighted by molar-refractivity contribution is 6.07. The van der Waals surface area contributed by atoms with Gasteiger partial charge in [-0.15, -0.1) is 0 Å². The van der Waals surface area contributed by atoms with Crippen molar-refractivity contribution in [3.8, 4) is 6.07 Å². The van der Waals surface area contributed by atoms with Crippen LogP contribution in [0.4, 0.5) is 22.7 Å². The molecule has 1 amide bonds. The molecule has 0 unspecified atom stereocenters. The molecular weight excluding hydrogens is 310 g/mol. The molecule has 0 spiro atoms. The van der Waals surface area contributed by atoms with Crippen LogP contribution in [-0.4, -0.2) is 10.8 Å². The molecule has 2 rings (SSSR count). The van der Waals surface area contributed by atoms with Gasteiger partial charge in [0.05, 0.1) is 4.92 Å². The summed E-state index contributed by atoms with van der Waals surface area (Å²) in [6, 6.07) is 14.1. The number of carbonyl (C=O) groups excluding carboxylic acids is 1. The summed E-state index contributed by atoms with van der Waals surface area (Å²) < 4.78 is 0. The lowest BCUT2D eigenvalue weighted by molar-refractivity contribution is -0.383. The third kappa shape index (κ3) is 4.08. The Morgan fingerprint density at radius 2 is 1.88 bits per heavy atom. The maximum Gasteiger partial charge on any atom is 0.292 e. The van der Waals surface area contributed by atoms with Crippen molar-refractivity contribution in [3.05, 3.63) is 70.4 Å². The topological polar surface area (TPSA) is 134 Å². The van der Waals surface area contributed by atoms with Crippen molar-refractivity contribution < 1.29 is 9.72 Å². The predicted octanol–water partition coefficient (Wildman–Crippen LogP) is 2.64. The lowest BCUT2D eigenvalue weighted by Crippen LogP contribution is -2.15. The number of nitrogen functional groups attached to an aromatic ring is 1. The number of para-hydroxylation sites is 2. The van der Waals surface area contributed by atoms with Gasteiger partial charge in [0.1, 0.15) is 17.3 Å². The number of benzene rings is 2. The molecule has 8 nitrogen and oxygen atoms in total. The first kappa shape index (κ1) is 16.5. The third-order valence-electron chi connectivity index (χ3n) is 3.01. The maximum absolute atomic E-state index is 12.1. The van der Waals surface area contributed by atoms with Gasteiger partial charge in [0, 0.05) is 23.6 Å². The first-order chi connectivity index (χ1) is 11.5. The van der Waals surface area contributed by atoms with Crippen molar-refractivity contribution in [2.75, 3.05) is 16.4 Å². The molecule has 0 aliphatic carbocycles. The number of nitrogens with one attached hydrogen (secondary N) is 2. The summed E-state index contributed by atoms with van der Waals surface area (Å²) >= 11 is 0. The minimum Gasteiger partial charge on any atom is -0.399 e. The Labute approximate surface area is 137 Å². The van der Waals surface area contributed by atoms with Crippen molar-refractivity contribution in [2.45, 2.75) is 0 Å². The summed E-state index contributed by atoms with van der Waals surface area (Å²) in [6.45, 7) is 0. The Kier molecular flexibility index (Phi) is 5.10. The van der Waals surface area contributed by atoms with Gasteiger partial charge in [-0.25, -0.2) is 0 Å². The molecule has 2 aromatic carbocycles. The fraction of sp³-hybridized carbons (Fsp3) is 0. The third-order valence-corrected chi connectivity index (χ3v) is 3.01. The monoisotopic (exact) mass is 323 g/mol. The number of nitro groups is 1. The van der Waals surface area contributed by atoms with E-state index in [4.69, 9.17) is 11.0 Å². The predicted molar refractivity (Wildman–Crippen MR) is 89.9 cm³/mol. The number of amides is 1. The van der Waals surface area contributed by atoms with Crippen molar-refractivity contribution in [1.29, 1.82) is 5.26 Å². The van der Waals surface area contributed by atoms with Gasteiger partial charge in [0.15, 0.2) is 0 Å². The number of anilines is 3. The number of rotatable bonds is 5. The molecule has 0 saturated heterocycles. The molecule has 120 valence electrons. The lowest BCUT2D eigenvalue weighted by atomic mass is 10.2. The van der Waals surface area contributed by atoms with Crippen LogP contribution in [0.3, 0.4) is 0 Å². The van der Waals surface area contributed by atoms with E-state index in [9.17, 15) is 14.9 Å². The Morgan fingerprint density at radius 3 is 2.50 bits per heavy atom. The van der Waals surface area contributed by atoms with Gasteiger partial charge in [-0.1, -0.05) is 12.1 Å². The van der Waals surface area contributed by atoms with Crippen LogP contribution in [0.5, 0.6) is 0 Å². The van der Waals surface area contributed by atoms with Crippen LogP contribution in [0, 0.1) is 21.4 Å². The molecule has 0 bridgehead atoms. The number of hydrogen-bond acceptors (Lipinski definition) is 6. The van der Waals surface area contributed by atoms with Crippen LogP contribution in [0.1, 0.15) is 0 Å². The molecule has 4 N–H and O–H groups in total. The Hall–Kier alpha value is -3.86. The standard InChI is InChI=1S/C16H13N5O3/c17-9-11(10-19-13-7-5-12(18)6-8-13)16(22)20-14-3-1-2-4-15(14)21(23)24/h1-8,10,19H,18H2,(H,20,22)/b11-10-. The molecule has 0 aromatic heterocycles. The fourth-order valence-electron chi connectivity index (χ4n) is 1.81. The van der Waals surface area contributed by atoms with Crippen LogP contribution in [0.2, 0.25) is 0 Å². The molecule has 24 heavy (non-hydrogen) atoms. The highest BCUT2D eigenvalue weighted by Gasteiger charge is 2.17. The van der Waals surface area contributed by atoms with E-state index < -0.39 is 10.8 Å². The summed E-state index contributed by atoms with van der Waals surface area (Å²) in [4.78, 5) is 22.4. The van der Waals surface area contributed by atoms with E-state index >= 15 is 0 Å².